The third kappa shape index (κ3) is 2.96. The Morgan fingerprint density at radius 3 is 1.74 bits per heavy atom. The van der Waals surface area contributed by atoms with Crippen LogP contribution in [-0.4, -0.2) is 16.7 Å². The number of hydrogen-bond acceptors (Lipinski definition) is 4. The number of nitrogens with zero attached hydrogens (tertiary/aromatic N) is 1. The minimum atomic E-state index is 0.0233. The number of aromatic nitrogens is 1. The lowest BCUT2D eigenvalue weighted by Crippen LogP contribution is -2.10. The van der Waals surface area contributed by atoms with Gasteiger partial charge in [-0.15, -0.1) is 0 Å². The molecular weight excluding hydrogens is 290 g/mol. The molecule has 0 spiro atoms. The maximum Gasteiger partial charge on any atom is 0.226 e. The van der Waals surface area contributed by atoms with Crippen LogP contribution in [0.2, 0.25) is 0 Å². The van der Waals surface area contributed by atoms with E-state index in [0.717, 1.165) is 11.1 Å². The van der Waals surface area contributed by atoms with Crippen molar-refractivity contribution in [1.82, 2.24) is 4.98 Å². The lowest BCUT2D eigenvalue weighted by Gasteiger charge is -2.01. The molecule has 0 saturated carbocycles. The number of nitrogens with two attached hydrogens (primary N) is 2. The minimum absolute atomic E-state index is 0.0233. The third-order valence-corrected chi connectivity index (χ3v) is 3.43. The monoisotopic (exact) mass is 305 g/mol. The van der Waals surface area contributed by atoms with E-state index in [-0.39, 0.29) is 11.7 Å². The predicted octanol–water partition coefficient (Wildman–Crippen LogP) is 2.58. The van der Waals surface area contributed by atoms with Gasteiger partial charge in [-0.3, -0.25) is 10.8 Å². The molecule has 0 atom stereocenters. The standard InChI is InChI=1S/C17H15N5O/c18-15(19)11-3-1-10(2-4-11)14-9-22-17(23-14)13-7-5-12(6-8-13)16(20)21/h1-9H,(H3,18,19)(H3,20,21). The molecule has 0 unspecified atom stereocenters. The molecule has 2 aromatic carbocycles. The average molecular weight is 305 g/mol. The molecule has 1 aromatic heterocycles. The van der Waals surface area contributed by atoms with Crippen molar-refractivity contribution >= 4 is 11.7 Å². The third-order valence-electron chi connectivity index (χ3n) is 3.43. The molecule has 0 aliphatic heterocycles. The Bertz CT molecular complexity index is 791. The van der Waals surface area contributed by atoms with Crippen molar-refractivity contribution in [2.45, 2.75) is 0 Å². The smallest absolute Gasteiger partial charge is 0.226 e. The fourth-order valence-corrected chi connectivity index (χ4v) is 2.15. The van der Waals surface area contributed by atoms with Gasteiger partial charge >= 0.3 is 0 Å². The van der Waals surface area contributed by atoms with Crippen molar-refractivity contribution in [2.24, 2.45) is 11.5 Å². The fourth-order valence-electron chi connectivity index (χ4n) is 2.15. The van der Waals surface area contributed by atoms with Crippen LogP contribution >= 0.6 is 0 Å². The summed E-state index contributed by atoms with van der Waals surface area (Å²) in [6.45, 7) is 0. The highest BCUT2D eigenvalue weighted by Crippen LogP contribution is 2.26. The first kappa shape index (κ1) is 14.5. The molecule has 3 aromatic rings. The van der Waals surface area contributed by atoms with Crippen LogP contribution in [0.25, 0.3) is 22.8 Å². The topological polar surface area (TPSA) is 126 Å². The van der Waals surface area contributed by atoms with Gasteiger partial charge in [0.25, 0.3) is 0 Å². The van der Waals surface area contributed by atoms with E-state index in [1.807, 2.05) is 24.3 Å². The van der Waals surface area contributed by atoms with Crippen molar-refractivity contribution in [3.8, 4) is 22.8 Å². The van der Waals surface area contributed by atoms with E-state index in [1.165, 1.54) is 0 Å². The van der Waals surface area contributed by atoms with Gasteiger partial charge in [0.15, 0.2) is 5.76 Å². The first-order valence-corrected chi connectivity index (χ1v) is 6.90. The molecule has 23 heavy (non-hydrogen) atoms. The average Bonchev–Trinajstić information content (AvgIpc) is 3.05. The molecule has 0 bridgehead atoms. The second kappa shape index (κ2) is 5.76. The summed E-state index contributed by atoms with van der Waals surface area (Å²) in [5.74, 6) is 1.17. The Morgan fingerprint density at radius 2 is 1.26 bits per heavy atom. The zero-order valence-electron chi connectivity index (χ0n) is 12.2. The quantitative estimate of drug-likeness (QED) is 0.436. The van der Waals surface area contributed by atoms with Gasteiger partial charge in [0.05, 0.1) is 6.20 Å². The Hall–Kier alpha value is -3.41. The lowest BCUT2D eigenvalue weighted by atomic mass is 10.1. The van der Waals surface area contributed by atoms with Crippen molar-refractivity contribution in [3.05, 3.63) is 65.9 Å². The lowest BCUT2D eigenvalue weighted by molar-refractivity contribution is 0.589. The molecule has 3 rings (SSSR count). The summed E-state index contributed by atoms with van der Waals surface area (Å²) in [6.07, 6.45) is 1.65. The molecular formula is C17H15N5O. The number of hydrogen-bond donors (Lipinski definition) is 4. The zero-order valence-corrected chi connectivity index (χ0v) is 12.2. The Balaban J connectivity index is 1.87. The van der Waals surface area contributed by atoms with Crippen LogP contribution < -0.4 is 11.5 Å². The normalized spacial score (nSPS) is 10.4. The van der Waals surface area contributed by atoms with Gasteiger partial charge in [-0.1, -0.05) is 36.4 Å². The number of benzene rings is 2. The van der Waals surface area contributed by atoms with Gasteiger partial charge in [0.1, 0.15) is 11.7 Å². The number of amidine groups is 2. The summed E-state index contributed by atoms with van der Waals surface area (Å²) in [7, 11) is 0. The highest BCUT2D eigenvalue weighted by atomic mass is 16.4. The van der Waals surface area contributed by atoms with E-state index in [0.29, 0.717) is 22.8 Å². The molecule has 0 saturated heterocycles. The minimum Gasteiger partial charge on any atom is -0.436 e. The van der Waals surface area contributed by atoms with Gasteiger partial charge in [0.2, 0.25) is 5.89 Å². The Labute approximate surface area is 132 Å². The Morgan fingerprint density at radius 1 is 0.783 bits per heavy atom. The molecule has 6 N–H and O–H groups in total. The maximum absolute atomic E-state index is 7.39. The summed E-state index contributed by atoms with van der Waals surface area (Å²) in [4.78, 5) is 4.28. The van der Waals surface area contributed by atoms with Crippen LogP contribution in [0, 0.1) is 10.8 Å². The van der Waals surface area contributed by atoms with E-state index in [2.05, 4.69) is 4.98 Å². The van der Waals surface area contributed by atoms with Crippen molar-refractivity contribution in [2.75, 3.05) is 0 Å². The van der Waals surface area contributed by atoms with Crippen LogP contribution in [-0.2, 0) is 0 Å². The van der Waals surface area contributed by atoms with E-state index in [9.17, 15) is 0 Å². The first-order valence-electron chi connectivity index (χ1n) is 6.90. The highest BCUT2D eigenvalue weighted by Gasteiger charge is 2.09. The van der Waals surface area contributed by atoms with E-state index >= 15 is 0 Å². The molecule has 114 valence electrons. The molecule has 0 amide bonds. The van der Waals surface area contributed by atoms with Crippen molar-refractivity contribution in [1.29, 1.82) is 10.8 Å². The summed E-state index contributed by atoms with van der Waals surface area (Å²) in [5, 5.41) is 14.8. The molecule has 0 radical (unpaired) electrons. The number of oxazole rings is 1. The van der Waals surface area contributed by atoms with Crippen LogP contribution in [0.1, 0.15) is 11.1 Å². The largest absolute Gasteiger partial charge is 0.436 e. The summed E-state index contributed by atoms with van der Waals surface area (Å²) in [6, 6.07) is 14.3. The molecule has 0 fully saturated rings. The van der Waals surface area contributed by atoms with E-state index < -0.39 is 0 Å². The number of nitrogen functional groups attached to an aromatic ring is 2. The number of rotatable bonds is 4. The van der Waals surface area contributed by atoms with Gasteiger partial charge in [-0.05, 0) is 12.1 Å². The molecule has 1 heterocycles. The highest BCUT2D eigenvalue weighted by molar-refractivity contribution is 5.95. The molecule has 0 aliphatic rings. The van der Waals surface area contributed by atoms with Gasteiger partial charge in [-0.2, -0.15) is 0 Å². The predicted molar refractivity (Wildman–Crippen MR) is 89.4 cm³/mol. The first-order chi connectivity index (χ1) is 11.0. The maximum atomic E-state index is 7.39. The summed E-state index contributed by atoms with van der Waals surface area (Å²) >= 11 is 0. The van der Waals surface area contributed by atoms with Gasteiger partial charge < -0.3 is 15.9 Å². The molecule has 0 aliphatic carbocycles. The SMILES string of the molecule is N=C(N)c1ccc(-c2cnc(-c3ccc(C(=N)N)cc3)o2)cc1. The van der Waals surface area contributed by atoms with Crippen LogP contribution in [0.5, 0.6) is 0 Å². The summed E-state index contributed by atoms with van der Waals surface area (Å²) < 4.78 is 5.78. The molecule has 6 nitrogen and oxygen atoms in total. The number of nitrogens with one attached hydrogen (secondary N) is 2. The van der Waals surface area contributed by atoms with E-state index in [4.69, 9.17) is 26.7 Å². The van der Waals surface area contributed by atoms with E-state index in [1.54, 1.807) is 30.5 Å². The van der Waals surface area contributed by atoms with Crippen molar-refractivity contribution < 1.29 is 4.42 Å². The van der Waals surface area contributed by atoms with Crippen molar-refractivity contribution in [3.63, 3.8) is 0 Å². The summed E-state index contributed by atoms with van der Waals surface area (Å²) in [5.41, 5.74) is 13.9. The van der Waals surface area contributed by atoms with Crippen LogP contribution in [0.3, 0.4) is 0 Å². The zero-order chi connectivity index (χ0) is 16.4. The molecule has 6 heteroatoms. The van der Waals surface area contributed by atoms with Crippen LogP contribution in [0.4, 0.5) is 0 Å². The second-order valence-electron chi connectivity index (χ2n) is 5.01. The van der Waals surface area contributed by atoms with Gasteiger partial charge in [0, 0.05) is 22.3 Å². The Kier molecular flexibility index (Phi) is 3.64. The fraction of sp³-hybridized carbons (Fsp3) is 0. The second-order valence-corrected chi connectivity index (χ2v) is 5.01. The van der Waals surface area contributed by atoms with Gasteiger partial charge in [-0.25, -0.2) is 4.98 Å². The van der Waals surface area contributed by atoms with Crippen LogP contribution in [0.15, 0.2) is 59.1 Å².